The molecule has 26 heavy (non-hydrogen) atoms. The van der Waals surface area contributed by atoms with E-state index in [4.69, 9.17) is 15.5 Å². The number of imidazole rings is 1. The average molecular weight is 344 g/mol. The Labute approximate surface area is 150 Å². The number of aromatic nitrogens is 5. The number of nitrogens with zero attached hydrogens (tertiary/aromatic N) is 4. The molecule has 0 spiro atoms. The van der Waals surface area contributed by atoms with Crippen molar-refractivity contribution in [2.24, 2.45) is 0 Å². The Bertz CT molecular complexity index is 1030. The van der Waals surface area contributed by atoms with Gasteiger partial charge < -0.3 is 15.5 Å². The highest BCUT2D eigenvalue weighted by molar-refractivity contribution is 5.80. The molecule has 4 rings (SSSR count). The third-order valence-corrected chi connectivity index (χ3v) is 3.96. The van der Waals surface area contributed by atoms with Crippen LogP contribution in [0.1, 0.15) is 0 Å². The van der Waals surface area contributed by atoms with Crippen molar-refractivity contribution < 1.29 is 4.74 Å². The molecular formula is C19H16N6O. The van der Waals surface area contributed by atoms with Crippen molar-refractivity contribution >= 4 is 5.82 Å². The first-order chi connectivity index (χ1) is 12.8. The van der Waals surface area contributed by atoms with Gasteiger partial charge in [0.25, 0.3) is 0 Å². The molecule has 7 heteroatoms. The van der Waals surface area contributed by atoms with Gasteiger partial charge in [0.15, 0.2) is 11.6 Å². The highest BCUT2D eigenvalue weighted by atomic mass is 16.5. The predicted octanol–water partition coefficient (Wildman–Crippen LogP) is 3.19. The zero-order valence-corrected chi connectivity index (χ0v) is 14.0. The second kappa shape index (κ2) is 6.64. The number of H-pyrrole nitrogens is 1. The van der Waals surface area contributed by atoms with Crippen LogP contribution in [-0.4, -0.2) is 32.0 Å². The molecule has 3 aromatic heterocycles. The van der Waals surface area contributed by atoms with Crippen molar-refractivity contribution in [1.82, 2.24) is 24.9 Å². The number of methoxy groups -OCH3 is 1. The SMILES string of the molecule is COc1cc(-c2nc(-c3ccccc3)[nH]c2-c2ccncn2)cnc1N. The Morgan fingerprint density at radius 1 is 1.04 bits per heavy atom. The molecule has 3 N–H and O–H groups in total. The van der Waals surface area contributed by atoms with Gasteiger partial charge in [-0.1, -0.05) is 30.3 Å². The molecule has 3 heterocycles. The second-order valence-electron chi connectivity index (χ2n) is 5.58. The summed E-state index contributed by atoms with van der Waals surface area (Å²) in [7, 11) is 1.56. The van der Waals surface area contributed by atoms with Crippen LogP contribution in [0.4, 0.5) is 5.82 Å². The van der Waals surface area contributed by atoms with Crippen LogP contribution in [0, 0.1) is 0 Å². The minimum absolute atomic E-state index is 0.332. The summed E-state index contributed by atoms with van der Waals surface area (Å²) in [6.45, 7) is 0. The maximum absolute atomic E-state index is 5.84. The number of pyridine rings is 1. The summed E-state index contributed by atoms with van der Waals surface area (Å²) in [5, 5.41) is 0. The third-order valence-electron chi connectivity index (χ3n) is 3.96. The molecule has 0 aliphatic rings. The van der Waals surface area contributed by atoms with Gasteiger partial charge in [0.05, 0.1) is 18.5 Å². The first-order valence-electron chi connectivity index (χ1n) is 7.98. The average Bonchev–Trinajstić information content (AvgIpc) is 3.15. The van der Waals surface area contributed by atoms with Crippen LogP contribution in [-0.2, 0) is 0 Å². The van der Waals surface area contributed by atoms with Crippen LogP contribution in [0.3, 0.4) is 0 Å². The topological polar surface area (TPSA) is 103 Å². The summed E-state index contributed by atoms with van der Waals surface area (Å²) in [5.41, 5.74) is 9.83. The molecule has 0 aliphatic carbocycles. The van der Waals surface area contributed by atoms with Crippen LogP contribution >= 0.6 is 0 Å². The number of anilines is 1. The molecule has 0 amide bonds. The van der Waals surface area contributed by atoms with Crippen molar-refractivity contribution in [2.45, 2.75) is 0 Å². The minimum Gasteiger partial charge on any atom is -0.493 e. The van der Waals surface area contributed by atoms with Crippen molar-refractivity contribution in [1.29, 1.82) is 0 Å². The number of benzene rings is 1. The van der Waals surface area contributed by atoms with Gasteiger partial charge in [0, 0.05) is 23.5 Å². The van der Waals surface area contributed by atoms with Crippen molar-refractivity contribution in [3.8, 4) is 39.8 Å². The third kappa shape index (κ3) is 2.86. The molecule has 0 saturated heterocycles. The number of rotatable bonds is 4. The van der Waals surface area contributed by atoms with Gasteiger partial charge in [0.1, 0.15) is 17.8 Å². The zero-order valence-electron chi connectivity index (χ0n) is 14.0. The summed E-state index contributed by atoms with van der Waals surface area (Å²) in [6.07, 6.45) is 4.87. The molecule has 0 fully saturated rings. The van der Waals surface area contributed by atoms with Crippen LogP contribution in [0.2, 0.25) is 0 Å². The van der Waals surface area contributed by atoms with Crippen molar-refractivity contribution in [2.75, 3.05) is 12.8 Å². The van der Waals surface area contributed by atoms with E-state index >= 15 is 0 Å². The first kappa shape index (κ1) is 15.8. The summed E-state index contributed by atoms with van der Waals surface area (Å²) in [4.78, 5) is 20.7. The molecule has 1 aromatic carbocycles. The largest absolute Gasteiger partial charge is 0.493 e. The molecule has 4 aromatic rings. The van der Waals surface area contributed by atoms with E-state index < -0.39 is 0 Å². The quantitative estimate of drug-likeness (QED) is 0.589. The number of nitrogens with two attached hydrogens (primary N) is 1. The van der Waals surface area contributed by atoms with Crippen molar-refractivity contribution in [3.63, 3.8) is 0 Å². The Morgan fingerprint density at radius 3 is 2.62 bits per heavy atom. The number of ether oxygens (including phenoxy) is 1. The number of hydrogen-bond donors (Lipinski definition) is 2. The maximum atomic E-state index is 5.84. The minimum atomic E-state index is 0.332. The lowest BCUT2D eigenvalue weighted by molar-refractivity contribution is 0.415. The fourth-order valence-electron chi connectivity index (χ4n) is 2.69. The van der Waals surface area contributed by atoms with E-state index in [1.54, 1.807) is 19.5 Å². The molecule has 0 aliphatic heterocycles. The molecule has 0 saturated carbocycles. The van der Waals surface area contributed by atoms with E-state index in [0.717, 1.165) is 28.3 Å². The van der Waals surface area contributed by atoms with Gasteiger partial charge in [-0.2, -0.15) is 0 Å². The molecule has 0 unspecified atom stereocenters. The monoisotopic (exact) mass is 344 g/mol. The summed E-state index contributed by atoms with van der Waals surface area (Å²) < 4.78 is 5.29. The highest BCUT2D eigenvalue weighted by Gasteiger charge is 2.17. The van der Waals surface area contributed by atoms with Gasteiger partial charge in [-0.3, -0.25) is 0 Å². The van der Waals surface area contributed by atoms with Crippen LogP contribution in [0.25, 0.3) is 34.0 Å². The molecule has 0 atom stereocenters. The van der Waals surface area contributed by atoms with Crippen molar-refractivity contribution in [3.05, 3.63) is 61.2 Å². The van der Waals surface area contributed by atoms with Crippen LogP contribution < -0.4 is 10.5 Å². The van der Waals surface area contributed by atoms with Crippen LogP contribution in [0.5, 0.6) is 5.75 Å². The maximum Gasteiger partial charge on any atom is 0.166 e. The lowest BCUT2D eigenvalue weighted by atomic mass is 10.1. The lowest BCUT2D eigenvalue weighted by Gasteiger charge is -2.06. The Balaban J connectivity index is 1.91. The smallest absolute Gasteiger partial charge is 0.166 e. The fraction of sp³-hybridized carbons (Fsp3) is 0.0526. The van der Waals surface area contributed by atoms with Gasteiger partial charge >= 0.3 is 0 Å². The second-order valence-corrected chi connectivity index (χ2v) is 5.58. The molecule has 7 nitrogen and oxygen atoms in total. The Morgan fingerprint density at radius 2 is 1.88 bits per heavy atom. The molecular weight excluding hydrogens is 328 g/mol. The number of aromatic amines is 1. The Kier molecular flexibility index (Phi) is 4.03. The molecule has 0 bridgehead atoms. The molecule has 128 valence electrons. The summed E-state index contributed by atoms with van der Waals surface area (Å²) in [6, 6.07) is 13.5. The van der Waals surface area contributed by atoms with E-state index in [1.807, 2.05) is 42.5 Å². The highest BCUT2D eigenvalue weighted by Crippen LogP contribution is 2.34. The van der Waals surface area contributed by atoms with E-state index in [-0.39, 0.29) is 0 Å². The van der Waals surface area contributed by atoms with Crippen LogP contribution in [0.15, 0.2) is 61.2 Å². The first-order valence-corrected chi connectivity index (χ1v) is 7.98. The van der Waals surface area contributed by atoms with E-state index in [2.05, 4.69) is 19.9 Å². The van der Waals surface area contributed by atoms with E-state index in [9.17, 15) is 0 Å². The molecule has 0 radical (unpaired) electrons. The lowest BCUT2D eigenvalue weighted by Crippen LogP contribution is -1.96. The number of hydrogen-bond acceptors (Lipinski definition) is 6. The summed E-state index contributed by atoms with van der Waals surface area (Å²) in [5.74, 6) is 1.57. The fourth-order valence-corrected chi connectivity index (χ4v) is 2.69. The summed E-state index contributed by atoms with van der Waals surface area (Å²) >= 11 is 0. The number of nitrogen functional groups attached to an aromatic ring is 1. The Hall–Kier alpha value is -3.74. The van der Waals surface area contributed by atoms with Gasteiger partial charge in [-0.25, -0.2) is 19.9 Å². The van der Waals surface area contributed by atoms with Gasteiger partial charge in [-0.05, 0) is 12.1 Å². The van der Waals surface area contributed by atoms with Gasteiger partial charge in [-0.15, -0.1) is 0 Å². The predicted molar refractivity (Wildman–Crippen MR) is 99.2 cm³/mol. The normalized spacial score (nSPS) is 10.7. The standard InChI is InChI=1S/C19H16N6O/c1-26-15-9-13(10-22-18(15)20)16-17(14-7-8-21-11-23-14)25-19(24-16)12-5-3-2-4-6-12/h2-11H,1H3,(H2,20,22)(H,24,25). The number of nitrogens with one attached hydrogen (secondary N) is 1. The van der Waals surface area contributed by atoms with Gasteiger partial charge in [0.2, 0.25) is 0 Å². The van der Waals surface area contributed by atoms with E-state index in [1.165, 1.54) is 6.33 Å². The van der Waals surface area contributed by atoms with E-state index in [0.29, 0.717) is 17.3 Å². The zero-order chi connectivity index (χ0) is 17.9.